The highest BCUT2D eigenvalue weighted by molar-refractivity contribution is 6.37. The van der Waals surface area contributed by atoms with E-state index in [0.29, 0.717) is 27.3 Å². The summed E-state index contributed by atoms with van der Waals surface area (Å²) >= 11 is 12.1. The standard InChI is InChI=1S/C11H10Cl2N4/c1-2-15-11-8(13)5-7(12)10(17-11)9-6-14-3-4-16-9/h3-6H,2H2,1H3,(H,15,17). The molecule has 1 N–H and O–H groups in total. The van der Waals surface area contributed by atoms with Crippen LogP contribution in [-0.2, 0) is 0 Å². The number of nitrogens with one attached hydrogen (secondary N) is 1. The second-order valence-corrected chi connectivity index (χ2v) is 4.08. The molecule has 0 aliphatic rings. The minimum atomic E-state index is 0.456. The fourth-order valence-corrected chi connectivity index (χ4v) is 1.88. The van der Waals surface area contributed by atoms with E-state index < -0.39 is 0 Å². The fraction of sp³-hybridized carbons (Fsp3) is 0.182. The Kier molecular flexibility index (Phi) is 3.76. The molecule has 0 aliphatic carbocycles. The molecule has 0 aromatic carbocycles. The number of halogens is 2. The van der Waals surface area contributed by atoms with Crippen LogP contribution >= 0.6 is 23.2 Å². The van der Waals surface area contributed by atoms with E-state index >= 15 is 0 Å². The zero-order valence-corrected chi connectivity index (χ0v) is 10.6. The van der Waals surface area contributed by atoms with Crippen LogP contribution in [0.1, 0.15) is 6.92 Å². The fourth-order valence-electron chi connectivity index (χ4n) is 1.36. The number of aromatic nitrogens is 3. The van der Waals surface area contributed by atoms with Crippen LogP contribution < -0.4 is 5.32 Å². The molecule has 0 bridgehead atoms. The normalized spacial score (nSPS) is 10.3. The second-order valence-electron chi connectivity index (χ2n) is 3.27. The first-order chi connectivity index (χ1) is 8.22. The summed E-state index contributed by atoms with van der Waals surface area (Å²) in [6.45, 7) is 2.70. The molecule has 0 spiro atoms. The SMILES string of the molecule is CCNc1nc(-c2cnccn2)c(Cl)cc1Cl. The first-order valence-corrected chi connectivity index (χ1v) is 5.84. The van der Waals surface area contributed by atoms with Crippen molar-refractivity contribution in [1.82, 2.24) is 15.0 Å². The molecular formula is C11H10Cl2N4. The minimum Gasteiger partial charge on any atom is -0.369 e. The van der Waals surface area contributed by atoms with Crippen LogP contribution in [0.4, 0.5) is 5.82 Å². The van der Waals surface area contributed by atoms with E-state index in [1.165, 1.54) is 0 Å². The zero-order chi connectivity index (χ0) is 12.3. The Balaban J connectivity index is 2.51. The highest BCUT2D eigenvalue weighted by atomic mass is 35.5. The van der Waals surface area contributed by atoms with Gasteiger partial charge in [-0.25, -0.2) is 4.98 Å². The van der Waals surface area contributed by atoms with Gasteiger partial charge in [0.2, 0.25) is 0 Å². The van der Waals surface area contributed by atoms with Gasteiger partial charge in [-0.3, -0.25) is 9.97 Å². The van der Waals surface area contributed by atoms with E-state index in [4.69, 9.17) is 23.2 Å². The lowest BCUT2D eigenvalue weighted by atomic mass is 10.2. The summed E-state index contributed by atoms with van der Waals surface area (Å²) in [4.78, 5) is 12.5. The van der Waals surface area contributed by atoms with Crippen molar-refractivity contribution >= 4 is 29.0 Å². The molecule has 88 valence electrons. The molecule has 2 aromatic heterocycles. The van der Waals surface area contributed by atoms with Crippen molar-refractivity contribution in [3.8, 4) is 11.4 Å². The Hall–Kier alpha value is -1.39. The van der Waals surface area contributed by atoms with Gasteiger partial charge in [0, 0.05) is 18.9 Å². The molecule has 0 radical (unpaired) electrons. The number of nitrogens with zero attached hydrogens (tertiary/aromatic N) is 3. The molecular weight excluding hydrogens is 259 g/mol. The minimum absolute atomic E-state index is 0.456. The Morgan fingerprint density at radius 2 is 2.06 bits per heavy atom. The van der Waals surface area contributed by atoms with Crippen molar-refractivity contribution < 1.29 is 0 Å². The molecule has 17 heavy (non-hydrogen) atoms. The Labute approximate surface area is 109 Å². The van der Waals surface area contributed by atoms with Gasteiger partial charge in [-0.1, -0.05) is 23.2 Å². The largest absolute Gasteiger partial charge is 0.369 e. The molecule has 2 rings (SSSR count). The maximum atomic E-state index is 6.09. The van der Waals surface area contributed by atoms with Crippen LogP contribution in [0.25, 0.3) is 11.4 Å². The lowest BCUT2D eigenvalue weighted by Gasteiger charge is -2.09. The van der Waals surface area contributed by atoms with Crippen LogP contribution in [0.3, 0.4) is 0 Å². The third-order valence-corrected chi connectivity index (χ3v) is 2.66. The molecule has 0 saturated heterocycles. The first-order valence-electron chi connectivity index (χ1n) is 5.08. The molecule has 0 amide bonds. The molecule has 0 unspecified atom stereocenters. The van der Waals surface area contributed by atoms with E-state index in [9.17, 15) is 0 Å². The lowest BCUT2D eigenvalue weighted by Crippen LogP contribution is -2.01. The molecule has 4 nitrogen and oxygen atoms in total. The maximum absolute atomic E-state index is 6.09. The van der Waals surface area contributed by atoms with Gasteiger partial charge in [-0.05, 0) is 13.0 Å². The van der Waals surface area contributed by atoms with Gasteiger partial charge >= 0.3 is 0 Å². The number of pyridine rings is 1. The monoisotopic (exact) mass is 268 g/mol. The Morgan fingerprint density at radius 3 is 2.71 bits per heavy atom. The van der Waals surface area contributed by atoms with Gasteiger partial charge in [0.05, 0.1) is 16.2 Å². The number of rotatable bonds is 3. The van der Waals surface area contributed by atoms with Crippen LogP contribution in [0.5, 0.6) is 0 Å². The van der Waals surface area contributed by atoms with Crippen molar-refractivity contribution in [1.29, 1.82) is 0 Å². The summed E-state index contributed by atoms with van der Waals surface area (Å²) < 4.78 is 0. The Bertz CT molecular complexity index is 516. The van der Waals surface area contributed by atoms with E-state index in [1.807, 2.05) is 6.92 Å². The van der Waals surface area contributed by atoms with Crippen LogP contribution in [0.15, 0.2) is 24.7 Å². The topological polar surface area (TPSA) is 50.7 Å². The van der Waals surface area contributed by atoms with Gasteiger partial charge in [-0.2, -0.15) is 0 Å². The summed E-state index contributed by atoms with van der Waals surface area (Å²) in [6, 6.07) is 1.65. The summed E-state index contributed by atoms with van der Waals surface area (Å²) in [5.74, 6) is 0.596. The number of hydrogen-bond donors (Lipinski definition) is 1. The average molecular weight is 269 g/mol. The van der Waals surface area contributed by atoms with Gasteiger partial charge in [0.25, 0.3) is 0 Å². The van der Waals surface area contributed by atoms with Crippen molar-refractivity contribution in [3.05, 3.63) is 34.7 Å². The number of hydrogen-bond acceptors (Lipinski definition) is 4. The smallest absolute Gasteiger partial charge is 0.145 e. The van der Waals surface area contributed by atoms with E-state index in [2.05, 4.69) is 20.3 Å². The first kappa shape index (κ1) is 12.1. The summed E-state index contributed by atoms with van der Waals surface area (Å²) in [7, 11) is 0. The van der Waals surface area contributed by atoms with Crippen molar-refractivity contribution in [2.45, 2.75) is 6.92 Å². The summed E-state index contributed by atoms with van der Waals surface area (Å²) in [6.07, 6.45) is 4.80. The average Bonchev–Trinajstić information content (AvgIpc) is 2.34. The second kappa shape index (κ2) is 5.29. The Morgan fingerprint density at radius 1 is 1.24 bits per heavy atom. The highest BCUT2D eigenvalue weighted by Gasteiger charge is 2.11. The van der Waals surface area contributed by atoms with Crippen molar-refractivity contribution in [3.63, 3.8) is 0 Å². The third-order valence-electron chi connectivity index (χ3n) is 2.08. The van der Waals surface area contributed by atoms with Gasteiger partial charge < -0.3 is 5.32 Å². The highest BCUT2D eigenvalue weighted by Crippen LogP contribution is 2.30. The molecule has 2 heterocycles. The van der Waals surface area contributed by atoms with Crippen molar-refractivity contribution in [2.24, 2.45) is 0 Å². The predicted molar refractivity (Wildman–Crippen MR) is 69.4 cm³/mol. The molecule has 0 fully saturated rings. The maximum Gasteiger partial charge on any atom is 0.145 e. The van der Waals surface area contributed by atoms with Gasteiger partial charge in [0.1, 0.15) is 17.2 Å². The van der Waals surface area contributed by atoms with Crippen molar-refractivity contribution in [2.75, 3.05) is 11.9 Å². The molecule has 6 heteroatoms. The molecule has 0 saturated carbocycles. The van der Waals surface area contributed by atoms with E-state index in [1.54, 1.807) is 24.7 Å². The zero-order valence-electron chi connectivity index (χ0n) is 9.11. The molecule has 0 atom stereocenters. The van der Waals surface area contributed by atoms with E-state index in [-0.39, 0.29) is 0 Å². The quantitative estimate of drug-likeness (QED) is 0.929. The van der Waals surface area contributed by atoms with Gasteiger partial charge in [0.15, 0.2) is 0 Å². The van der Waals surface area contributed by atoms with E-state index in [0.717, 1.165) is 6.54 Å². The van der Waals surface area contributed by atoms with Crippen LogP contribution in [0, 0.1) is 0 Å². The number of anilines is 1. The van der Waals surface area contributed by atoms with Crippen LogP contribution in [-0.4, -0.2) is 21.5 Å². The third kappa shape index (κ3) is 2.65. The molecule has 2 aromatic rings. The summed E-state index contributed by atoms with van der Waals surface area (Å²) in [5, 5.41) is 4.01. The molecule has 0 aliphatic heterocycles. The van der Waals surface area contributed by atoms with Crippen LogP contribution in [0.2, 0.25) is 10.0 Å². The lowest BCUT2D eigenvalue weighted by molar-refractivity contribution is 1.14. The van der Waals surface area contributed by atoms with Gasteiger partial charge in [-0.15, -0.1) is 0 Å². The predicted octanol–water partition coefficient (Wildman–Crippen LogP) is 3.28. The summed E-state index contributed by atoms with van der Waals surface area (Å²) in [5.41, 5.74) is 1.19.